The number of hydroxylamine groups is 1. The summed E-state index contributed by atoms with van der Waals surface area (Å²) in [6.07, 6.45) is -0.935. The number of carbonyl (C=O) groups is 2. The highest BCUT2D eigenvalue weighted by atomic mass is 19.1. The largest absolute Gasteiger partial charge is 0.275 e. The van der Waals surface area contributed by atoms with Gasteiger partial charge in [-0.25, -0.2) is 9.45 Å². The Morgan fingerprint density at radius 3 is 2.23 bits per heavy atom. The number of likely N-dealkylation sites (tertiary alicyclic amines) is 1. The molecule has 2 heterocycles. The zero-order valence-corrected chi connectivity index (χ0v) is 16.0. The average molecular weight is 402 g/mol. The summed E-state index contributed by atoms with van der Waals surface area (Å²) in [5, 5.41) is 1.57. The summed E-state index contributed by atoms with van der Waals surface area (Å²) in [6.45, 7) is 0.191. The lowest BCUT2D eigenvalue weighted by Crippen LogP contribution is -2.36. The number of halogens is 1. The van der Waals surface area contributed by atoms with E-state index in [2.05, 4.69) is 0 Å². The molecule has 3 atom stereocenters. The maximum atomic E-state index is 14.0. The third-order valence-electron chi connectivity index (χ3n) is 5.59. The first-order chi connectivity index (χ1) is 14.6. The fourth-order valence-electron chi connectivity index (χ4n) is 4.22. The van der Waals surface area contributed by atoms with Crippen molar-refractivity contribution in [1.29, 1.82) is 0 Å². The van der Waals surface area contributed by atoms with Gasteiger partial charge in [0.15, 0.2) is 6.10 Å². The standard InChI is InChI=1S/C24H19FN2O3/c25-18-11-7-10-17(14-18)21-20-22(30-27(21)19-12-5-2-6-13-19)24(29)26(23(20)28)15-16-8-3-1-4-9-16/h1-14,20-22H,15H2/t20-,21+,22+/m1/s1. The second-order valence-electron chi connectivity index (χ2n) is 7.46. The topological polar surface area (TPSA) is 49.9 Å². The molecule has 2 aliphatic heterocycles. The van der Waals surface area contributed by atoms with Gasteiger partial charge in [0, 0.05) is 0 Å². The predicted molar refractivity (Wildman–Crippen MR) is 108 cm³/mol. The third kappa shape index (κ3) is 3.06. The van der Waals surface area contributed by atoms with Crippen LogP contribution >= 0.6 is 0 Å². The Morgan fingerprint density at radius 2 is 1.53 bits per heavy atom. The van der Waals surface area contributed by atoms with E-state index in [4.69, 9.17) is 4.84 Å². The lowest BCUT2D eigenvalue weighted by atomic mass is 9.90. The average Bonchev–Trinajstić information content (AvgIpc) is 3.27. The van der Waals surface area contributed by atoms with Crippen molar-refractivity contribution in [1.82, 2.24) is 4.90 Å². The van der Waals surface area contributed by atoms with Gasteiger partial charge in [-0.3, -0.25) is 19.3 Å². The lowest BCUT2D eigenvalue weighted by Gasteiger charge is -2.28. The fraction of sp³-hybridized carbons (Fsp3) is 0.167. The van der Waals surface area contributed by atoms with Gasteiger partial charge < -0.3 is 0 Å². The molecule has 5 nitrogen and oxygen atoms in total. The molecule has 2 fully saturated rings. The van der Waals surface area contributed by atoms with E-state index in [-0.39, 0.29) is 18.4 Å². The molecule has 0 aromatic heterocycles. The number of hydrogen-bond donors (Lipinski definition) is 0. The van der Waals surface area contributed by atoms with Crippen molar-refractivity contribution in [2.24, 2.45) is 5.92 Å². The molecule has 3 aromatic rings. The van der Waals surface area contributed by atoms with Gasteiger partial charge in [0.25, 0.3) is 5.91 Å². The summed E-state index contributed by atoms with van der Waals surface area (Å²) in [5.41, 5.74) is 2.16. The van der Waals surface area contributed by atoms with Gasteiger partial charge in [-0.2, -0.15) is 0 Å². The third-order valence-corrected chi connectivity index (χ3v) is 5.59. The van der Waals surface area contributed by atoms with Crippen molar-refractivity contribution < 1.29 is 18.8 Å². The minimum absolute atomic E-state index is 0.191. The SMILES string of the molecule is O=C1[C@H]2[C@H](ON(c3ccccc3)[C@H]2c2cccc(F)c2)C(=O)N1Cc1ccccc1. The molecule has 2 amide bonds. The molecule has 5 rings (SSSR count). The number of fused-ring (bicyclic) bond motifs is 1. The lowest BCUT2D eigenvalue weighted by molar-refractivity contribution is -0.143. The number of hydrogen-bond acceptors (Lipinski definition) is 4. The first-order valence-corrected chi connectivity index (χ1v) is 9.79. The molecule has 0 aliphatic carbocycles. The summed E-state index contributed by atoms with van der Waals surface area (Å²) >= 11 is 0. The molecule has 0 saturated carbocycles. The zero-order valence-electron chi connectivity index (χ0n) is 16.0. The number of carbonyl (C=O) groups excluding carboxylic acids is 2. The van der Waals surface area contributed by atoms with E-state index in [1.54, 1.807) is 17.2 Å². The number of rotatable bonds is 4. The second-order valence-corrected chi connectivity index (χ2v) is 7.46. The molecule has 150 valence electrons. The summed E-state index contributed by atoms with van der Waals surface area (Å²) < 4.78 is 14.0. The Labute approximate surface area is 173 Å². The van der Waals surface area contributed by atoms with Gasteiger partial charge in [0.1, 0.15) is 11.7 Å². The molecule has 30 heavy (non-hydrogen) atoms. The zero-order chi connectivity index (χ0) is 20.7. The van der Waals surface area contributed by atoms with Crippen LogP contribution in [0.3, 0.4) is 0 Å². The van der Waals surface area contributed by atoms with Gasteiger partial charge >= 0.3 is 0 Å². The van der Waals surface area contributed by atoms with Crippen LogP contribution in [0, 0.1) is 11.7 Å². The maximum absolute atomic E-state index is 14.0. The van der Waals surface area contributed by atoms with Crippen LogP contribution in [-0.2, 0) is 21.0 Å². The normalized spacial score (nSPS) is 23.2. The van der Waals surface area contributed by atoms with Gasteiger partial charge in [0.2, 0.25) is 5.91 Å². The molecule has 0 spiro atoms. The Kier molecular flexibility index (Phi) is 4.56. The van der Waals surface area contributed by atoms with Crippen LogP contribution in [0.2, 0.25) is 0 Å². The van der Waals surface area contributed by atoms with E-state index in [0.717, 1.165) is 5.56 Å². The number of imide groups is 1. The van der Waals surface area contributed by atoms with Crippen molar-refractivity contribution in [2.75, 3.05) is 5.06 Å². The number of para-hydroxylation sites is 1. The minimum Gasteiger partial charge on any atom is -0.275 e. The summed E-state index contributed by atoms with van der Waals surface area (Å²) in [4.78, 5) is 33.7. The van der Waals surface area contributed by atoms with Gasteiger partial charge in [0.05, 0.1) is 18.3 Å². The van der Waals surface area contributed by atoms with Gasteiger partial charge in [-0.1, -0.05) is 60.7 Å². The Morgan fingerprint density at radius 1 is 0.833 bits per heavy atom. The van der Waals surface area contributed by atoms with Crippen molar-refractivity contribution in [3.8, 4) is 0 Å². The van der Waals surface area contributed by atoms with Crippen molar-refractivity contribution in [3.05, 3.63) is 102 Å². The number of amides is 2. The van der Waals surface area contributed by atoms with Crippen LogP contribution < -0.4 is 5.06 Å². The van der Waals surface area contributed by atoms with Crippen LogP contribution in [0.25, 0.3) is 0 Å². The Hall–Kier alpha value is -3.51. The van der Waals surface area contributed by atoms with Crippen molar-refractivity contribution in [3.63, 3.8) is 0 Å². The first kappa shape index (κ1) is 18.5. The number of benzene rings is 3. The fourth-order valence-corrected chi connectivity index (χ4v) is 4.22. The molecular weight excluding hydrogens is 383 g/mol. The summed E-state index contributed by atoms with van der Waals surface area (Å²) in [5.74, 6) is -1.82. The molecule has 0 radical (unpaired) electrons. The minimum atomic E-state index is -0.935. The van der Waals surface area contributed by atoms with Crippen LogP contribution in [0.5, 0.6) is 0 Å². The van der Waals surface area contributed by atoms with Crippen LogP contribution in [0.15, 0.2) is 84.9 Å². The molecule has 2 saturated heterocycles. The van der Waals surface area contributed by atoms with E-state index in [9.17, 15) is 14.0 Å². The van der Waals surface area contributed by atoms with E-state index in [0.29, 0.717) is 11.3 Å². The highest BCUT2D eigenvalue weighted by Gasteiger charge is 2.59. The van der Waals surface area contributed by atoms with Crippen LogP contribution in [-0.4, -0.2) is 22.8 Å². The predicted octanol–water partition coefficient (Wildman–Crippen LogP) is 3.87. The van der Waals surface area contributed by atoms with E-state index < -0.39 is 23.9 Å². The molecule has 0 N–H and O–H groups in total. The number of anilines is 1. The second kappa shape index (κ2) is 7.39. The molecular formula is C24H19FN2O3. The Bertz CT molecular complexity index is 1090. The monoisotopic (exact) mass is 402 g/mol. The van der Waals surface area contributed by atoms with Crippen molar-refractivity contribution >= 4 is 17.5 Å². The molecule has 3 aromatic carbocycles. The number of nitrogens with zero attached hydrogens (tertiary/aromatic N) is 2. The quantitative estimate of drug-likeness (QED) is 0.622. The van der Waals surface area contributed by atoms with E-state index in [1.165, 1.54) is 17.0 Å². The smallest absolute Gasteiger partial charge is 0.262 e. The summed E-state index contributed by atoms with van der Waals surface area (Å²) in [6, 6.07) is 24.1. The van der Waals surface area contributed by atoms with Gasteiger partial charge in [-0.05, 0) is 35.4 Å². The maximum Gasteiger partial charge on any atom is 0.262 e. The molecule has 6 heteroatoms. The highest BCUT2D eigenvalue weighted by Crippen LogP contribution is 2.46. The van der Waals surface area contributed by atoms with Gasteiger partial charge in [-0.15, -0.1) is 0 Å². The highest BCUT2D eigenvalue weighted by molar-refractivity contribution is 6.07. The summed E-state index contributed by atoms with van der Waals surface area (Å²) in [7, 11) is 0. The van der Waals surface area contributed by atoms with Crippen LogP contribution in [0.4, 0.5) is 10.1 Å². The first-order valence-electron chi connectivity index (χ1n) is 9.79. The molecule has 0 bridgehead atoms. The molecule has 2 aliphatic rings. The van der Waals surface area contributed by atoms with Crippen LogP contribution in [0.1, 0.15) is 17.2 Å². The van der Waals surface area contributed by atoms with E-state index >= 15 is 0 Å². The molecule has 0 unspecified atom stereocenters. The van der Waals surface area contributed by atoms with Crippen molar-refractivity contribution in [2.45, 2.75) is 18.7 Å². The Balaban J connectivity index is 1.53. The van der Waals surface area contributed by atoms with E-state index in [1.807, 2.05) is 60.7 Å².